The highest BCUT2D eigenvalue weighted by Gasteiger charge is 2.24. The number of nitrogens with zero attached hydrogens (tertiary/aromatic N) is 4. The maximum absolute atomic E-state index is 5.57. The molecule has 1 aliphatic heterocycles. The summed E-state index contributed by atoms with van der Waals surface area (Å²) in [6.07, 6.45) is 1.96. The van der Waals surface area contributed by atoms with Gasteiger partial charge in [-0.1, -0.05) is 6.07 Å². The Labute approximate surface area is 149 Å². The van der Waals surface area contributed by atoms with Crippen LogP contribution in [-0.2, 0) is 0 Å². The van der Waals surface area contributed by atoms with Crippen molar-refractivity contribution in [3.8, 4) is 0 Å². The van der Waals surface area contributed by atoms with Gasteiger partial charge in [-0.05, 0) is 36.5 Å². The smallest absolute Gasteiger partial charge is 0.274 e. The number of fused-ring (bicyclic) bond motifs is 1. The fourth-order valence-electron chi connectivity index (χ4n) is 2.79. The van der Waals surface area contributed by atoms with Crippen LogP contribution in [-0.4, -0.2) is 44.9 Å². The van der Waals surface area contributed by atoms with Crippen molar-refractivity contribution in [2.75, 3.05) is 36.4 Å². The first kappa shape index (κ1) is 15.2. The molecule has 3 aromatic rings. The van der Waals surface area contributed by atoms with E-state index in [4.69, 9.17) is 12.2 Å². The van der Waals surface area contributed by atoms with Gasteiger partial charge < -0.3 is 10.2 Å². The highest BCUT2D eigenvalue weighted by Crippen LogP contribution is 2.18. The minimum absolute atomic E-state index is 0.759. The van der Waals surface area contributed by atoms with Crippen molar-refractivity contribution >= 4 is 51.6 Å². The average Bonchev–Trinajstić information content (AvgIpc) is 3.10. The summed E-state index contributed by atoms with van der Waals surface area (Å²) in [6.45, 7) is 3.68. The topological polar surface area (TPSA) is 58.4 Å². The third kappa shape index (κ3) is 3.15. The molecule has 0 unspecified atom stereocenters. The summed E-state index contributed by atoms with van der Waals surface area (Å²) in [5.74, 6) is 1.15. The first-order chi connectivity index (χ1) is 11.8. The Morgan fingerprint density at radius 3 is 2.71 bits per heavy atom. The molecule has 2 aromatic heterocycles. The van der Waals surface area contributed by atoms with Gasteiger partial charge in [0.1, 0.15) is 24.1 Å². The Morgan fingerprint density at radius 1 is 1.08 bits per heavy atom. The van der Waals surface area contributed by atoms with E-state index < -0.39 is 0 Å². The molecule has 0 bridgehead atoms. The zero-order valence-corrected chi connectivity index (χ0v) is 14.6. The molecule has 4 rings (SSSR count). The monoisotopic (exact) mass is 357 g/mol. The maximum Gasteiger partial charge on any atom is 0.274 e. The predicted molar refractivity (Wildman–Crippen MR) is 100 cm³/mol. The molecule has 1 aromatic carbocycles. The van der Waals surface area contributed by atoms with Gasteiger partial charge in [0.15, 0.2) is 5.11 Å². The Balaban J connectivity index is 1.37. The summed E-state index contributed by atoms with van der Waals surface area (Å²) in [5, 5.41) is 4.07. The Kier molecular flexibility index (Phi) is 4.22. The van der Waals surface area contributed by atoms with E-state index in [0.717, 1.165) is 53.8 Å². The zero-order valence-electron chi connectivity index (χ0n) is 13.0. The number of aromatic nitrogens is 3. The number of hydrogen-bond donors (Lipinski definition) is 1. The van der Waals surface area contributed by atoms with Crippen molar-refractivity contribution in [3.05, 3.63) is 42.6 Å². The number of pyridine rings is 1. The molecule has 8 heteroatoms. The number of piperazine rings is 1. The van der Waals surface area contributed by atoms with E-state index in [1.807, 2.05) is 36.5 Å². The van der Waals surface area contributed by atoms with Crippen molar-refractivity contribution in [1.82, 2.24) is 13.6 Å². The molecule has 0 spiro atoms. The van der Waals surface area contributed by atoms with E-state index in [1.165, 1.54) is 11.7 Å². The molecule has 24 heavy (non-hydrogen) atoms. The van der Waals surface area contributed by atoms with Gasteiger partial charge in [-0.3, -0.25) is 4.90 Å². The molecule has 1 saturated heterocycles. The highest BCUT2D eigenvalue weighted by atomic mass is 32.1. The lowest BCUT2D eigenvalue weighted by atomic mass is 10.2. The first-order valence-electron chi connectivity index (χ1n) is 7.79. The molecule has 2 N–H and O–H groups in total. The van der Waals surface area contributed by atoms with Crippen LogP contribution in [0.3, 0.4) is 0 Å². The summed E-state index contributed by atoms with van der Waals surface area (Å²) in [5.41, 5.74) is 2.78. The van der Waals surface area contributed by atoms with Crippen LogP contribution in [0.15, 0.2) is 42.6 Å². The Hall–Kier alpha value is -2.32. The molecule has 3 heterocycles. The summed E-state index contributed by atoms with van der Waals surface area (Å²) in [7, 11) is 0. The number of anilines is 2. The van der Waals surface area contributed by atoms with Crippen LogP contribution in [0.1, 0.15) is 0 Å². The van der Waals surface area contributed by atoms with Gasteiger partial charge in [-0.2, -0.15) is 8.75 Å². The van der Waals surface area contributed by atoms with E-state index in [0.29, 0.717) is 0 Å². The average molecular weight is 357 g/mol. The molecule has 0 radical (unpaired) electrons. The van der Waals surface area contributed by atoms with Crippen molar-refractivity contribution in [3.63, 3.8) is 0 Å². The normalized spacial score (nSPS) is 14.8. The summed E-state index contributed by atoms with van der Waals surface area (Å²) in [6, 6.07) is 12.1. The number of nitrogens with one attached hydrogen (secondary N) is 2. The van der Waals surface area contributed by atoms with E-state index in [1.54, 1.807) is 0 Å². The van der Waals surface area contributed by atoms with Gasteiger partial charge in [0, 0.05) is 11.8 Å². The highest BCUT2D eigenvalue weighted by molar-refractivity contribution is 7.80. The van der Waals surface area contributed by atoms with Gasteiger partial charge in [0.05, 0.1) is 31.0 Å². The third-order valence-electron chi connectivity index (χ3n) is 4.11. The molecule has 0 atom stereocenters. The quantitative estimate of drug-likeness (QED) is 0.708. The minimum Gasteiger partial charge on any atom is -0.341 e. The predicted octanol–water partition coefficient (Wildman–Crippen LogP) is 2.02. The summed E-state index contributed by atoms with van der Waals surface area (Å²) >= 11 is 6.80. The number of rotatable bonds is 2. The van der Waals surface area contributed by atoms with Crippen molar-refractivity contribution in [2.24, 2.45) is 0 Å². The second kappa shape index (κ2) is 6.66. The molecule has 1 fully saturated rings. The largest absolute Gasteiger partial charge is 0.341 e. The van der Waals surface area contributed by atoms with Crippen LogP contribution in [0, 0.1) is 0 Å². The van der Waals surface area contributed by atoms with Gasteiger partial charge >= 0.3 is 0 Å². The summed E-state index contributed by atoms with van der Waals surface area (Å²) in [4.78, 5) is 7.83. The number of H-pyrrole nitrogens is 1. The van der Waals surface area contributed by atoms with Crippen LogP contribution in [0.25, 0.3) is 11.0 Å². The number of benzene rings is 1. The number of thiocarbonyl (C=S) groups is 1. The molecule has 0 aliphatic carbocycles. The van der Waals surface area contributed by atoms with Gasteiger partial charge in [-0.15, -0.1) is 0 Å². The van der Waals surface area contributed by atoms with E-state index >= 15 is 0 Å². The molecule has 122 valence electrons. The lowest BCUT2D eigenvalue weighted by Crippen LogP contribution is -2.51. The lowest BCUT2D eigenvalue weighted by molar-refractivity contribution is -0.364. The molecular formula is C16H17N6S2+. The number of hydrogen-bond acceptors (Lipinski definition) is 5. The Bertz CT molecular complexity index is 842. The van der Waals surface area contributed by atoms with Gasteiger partial charge in [0.2, 0.25) is 0 Å². The van der Waals surface area contributed by atoms with Gasteiger partial charge in [-0.25, -0.2) is 4.98 Å². The van der Waals surface area contributed by atoms with E-state index in [2.05, 4.69) is 34.9 Å². The zero-order chi connectivity index (χ0) is 16.4. The van der Waals surface area contributed by atoms with Crippen LogP contribution < -0.4 is 15.2 Å². The lowest BCUT2D eigenvalue weighted by Gasteiger charge is -2.32. The molecule has 6 nitrogen and oxygen atoms in total. The molecule has 0 amide bonds. The van der Waals surface area contributed by atoms with E-state index in [-0.39, 0.29) is 0 Å². The maximum atomic E-state index is 5.57. The second-order valence-electron chi connectivity index (χ2n) is 5.62. The van der Waals surface area contributed by atoms with Crippen molar-refractivity contribution in [2.45, 2.75) is 0 Å². The van der Waals surface area contributed by atoms with Crippen molar-refractivity contribution < 1.29 is 4.98 Å². The van der Waals surface area contributed by atoms with Crippen LogP contribution in [0.4, 0.5) is 11.5 Å². The molecule has 0 saturated carbocycles. The SMILES string of the molecule is S=C(Nc1ccc2nsnc2c1)N1CCN(c2cccc[nH+]2)CC1. The van der Waals surface area contributed by atoms with E-state index in [9.17, 15) is 0 Å². The van der Waals surface area contributed by atoms with Crippen LogP contribution >= 0.6 is 23.9 Å². The fourth-order valence-corrected chi connectivity index (χ4v) is 3.61. The minimum atomic E-state index is 0.759. The fraction of sp³-hybridized carbons (Fsp3) is 0.250. The Morgan fingerprint density at radius 2 is 1.92 bits per heavy atom. The number of aromatic amines is 1. The molecule has 1 aliphatic rings. The second-order valence-corrected chi connectivity index (χ2v) is 6.53. The first-order valence-corrected chi connectivity index (χ1v) is 8.93. The van der Waals surface area contributed by atoms with Gasteiger partial charge in [0.25, 0.3) is 5.82 Å². The van der Waals surface area contributed by atoms with Crippen LogP contribution in [0.2, 0.25) is 0 Å². The standard InChI is InChI=1S/C16H16N6S2/c23-16(18-12-4-5-13-14(11-12)20-24-19-13)22-9-7-21(8-10-22)15-3-1-2-6-17-15/h1-6,11H,7-10H2,(H,18,23)/p+1. The molecular weight excluding hydrogens is 340 g/mol. The third-order valence-corrected chi connectivity index (χ3v) is 5.02. The van der Waals surface area contributed by atoms with Crippen molar-refractivity contribution in [1.29, 1.82) is 0 Å². The summed E-state index contributed by atoms with van der Waals surface area (Å²) < 4.78 is 8.48. The van der Waals surface area contributed by atoms with Crippen LogP contribution in [0.5, 0.6) is 0 Å².